The van der Waals surface area contributed by atoms with E-state index in [2.05, 4.69) is 15.4 Å². The van der Waals surface area contributed by atoms with E-state index in [1.807, 2.05) is 6.92 Å². The molecular formula is C16H19ClN4O3S. The Morgan fingerprint density at radius 2 is 2.24 bits per heavy atom. The van der Waals surface area contributed by atoms with E-state index in [-0.39, 0.29) is 34.2 Å². The molecule has 1 amide bonds. The zero-order chi connectivity index (χ0) is 18.2. The Labute approximate surface area is 151 Å². The minimum atomic E-state index is -3.07. The van der Waals surface area contributed by atoms with Crippen LogP contribution in [0.5, 0.6) is 0 Å². The highest BCUT2D eigenvalue weighted by Gasteiger charge is 2.33. The fourth-order valence-electron chi connectivity index (χ4n) is 2.94. The number of amides is 1. The number of nitrogens with zero attached hydrogens (tertiary/aromatic N) is 3. The minimum Gasteiger partial charge on any atom is -0.320 e. The summed E-state index contributed by atoms with van der Waals surface area (Å²) < 4.78 is 24.9. The van der Waals surface area contributed by atoms with Gasteiger partial charge in [0.2, 0.25) is 0 Å². The zero-order valence-corrected chi connectivity index (χ0v) is 15.6. The number of aryl methyl sites for hydroxylation is 2. The number of anilines is 1. The van der Waals surface area contributed by atoms with Crippen molar-refractivity contribution in [1.29, 1.82) is 0 Å². The van der Waals surface area contributed by atoms with Crippen molar-refractivity contribution >= 4 is 33.0 Å². The Kier molecular flexibility index (Phi) is 4.83. The van der Waals surface area contributed by atoms with Crippen LogP contribution in [0.4, 0.5) is 5.69 Å². The fraction of sp³-hybridized carbons (Fsp3) is 0.438. The van der Waals surface area contributed by atoms with Gasteiger partial charge < -0.3 is 5.32 Å². The number of carbonyl (C=O) groups excluding carboxylic acids is 1. The monoisotopic (exact) mass is 382 g/mol. The number of pyridine rings is 1. The first kappa shape index (κ1) is 17.9. The van der Waals surface area contributed by atoms with Crippen LogP contribution >= 0.6 is 11.6 Å². The molecule has 0 spiro atoms. The molecule has 25 heavy (non-hydrogen) atoms. The van der Waals surface area contributed by atoms with Gasteiger partial charge in [-0.25, -0.2) is 13.1 Å². The lowest BCUT2D eigenvalue weighted by molar-refractivity contribution is 0.102. The standard InChI is InChI=1S/C16H19ClN4O3S/c1-3-12-14(16(22)19-13-5-4-7-18-10(13)2)15(17)21(20-12)11-6-8-25(23,24)9-11/h4-5,7,11H,3,6,8-9H2,1-2H3,(H,19,22). The summed E-state index contributed by atoms with van der Waals surface area (Å²) in [6.07, 6.45) is 2.62. The van der Waals surface area contributed by atoms with E-state index in [9.17, 15) is 13.2 Å². The molecule has 1 aliphatic rings. The topological polar surface area (TPSA) is 94.0 Å². The van der Waals surface area contributed by atoms with E-state index in [0.29, 0.717) is 29.9 Å². The van der Waals surface area contributed by atoms with Crippen LogP contribution in [0, 0.1) is 6.92 Å². The van der Waals surface area contributed by atoms with Gasteiger partial charge in [-0.3, -0.25) is 9.78 Å². The van der Waals surface area contributed by atoms with Crippen molar-refractivity contribution in [2.75, 3.05) is 16.8 Å². The summed E-state index contributed by atoms with van der Waals surface area (Å²) in [7, 11) is -3.07. The van der Waals surface area contributed by atoms with Gasteiger partial charge in [-0.05, 0) is 31.9 Å². The van der Waals surface area contributed by atoms with Gasteiger partial charge in [-0.15, -0.1) is 0 Å². The maximum absolute atomic E-state index is 12.7. The number of nitrogens with one attached hydrogen (secondary N) is 1. The molecule has 0 saturated carbocycles. The molecule has 2 aromatic rings. The molecule has 1 fully saturated rings. The average molecular weight is 383 g/mol. The van der Waals surface area contributed by atoms with Crippen LogP contribution in [0.2, 0.25) is 5.15 Å². The summed E-state index contributed by atoms with van der Waals surface area (Å²) in [4.78, 5) is 16.9. The predicted octanol–water partition coefficient (Wildman–Crippen LogP) is 2.41. The van der Waals surface area contributed by atoms with E-state index < -0.39 is 9.84 Å². The van der Waals surface area contributed by atoms with Gasteiger partial charge in [-0.1, -0.05) is 18.5 Å². The van der Waals surface area contributed by atoms with Crippen molar-refractivity contribution in [2.24, 2.45) is 0 Å². The smallest absolute Gasteiger partial charge is 0.260 e. The molecule has 0 radical (unpaired) electrons. The molecule has 0 bridgehead atoms. The van der Waals surface area contributed by atoms with Gasteiger partial charge in [0.25, 0.3) is 5.91 Å². The van der Waals surface area contributed by atoms with Gasteiger partial charge in [0, 0.05) is 6.20 Å². The van der Waals surface area contributed by atoms with Gasteiger partial charge in [-0.2, -0.15) is 5.10 Å². The summed E-state index contributed by atoms with van der Waals surface area (Å²) in [5, 5.41) is 7.39. The van der Waals surface area contributed by atoms with Crippen molar-refractivity contribution < 1.29 is 13.2 Å². The number of hydrogen-bond donors (Lipinski definition) is 1. The van der Waals surface area contributed by atoms with Crippen molar-refractivity contribution in [1.82, 2.24) is 14.8 Å². The van der Waals surface area contributed by atoms with Crippen LogP contribution in [0.1, 0.15) is 41.1 Å². The van der Waals surface area contributed by atoms with Crippen LogP contribution < -0.4 is 5.32 Å². The number of hydrogen-bond acceptors (Lipinski definition) is 5. The molecule has 7 nitrogen and oxygen atoms in total. The Bertz CT molecular complexity index is 923. The second-order valence-electron chi connectivity index (χ2n) is 6.06. The van der Waals surface area contributed by atoms with E-state index in [1.54, 1.807) is 25.3 Å². The molecule has 1 atom stereocenters. The third-order valence-corrected chi connectivity index (χ3v) is 6.41. The van der Waals surface area contributed by atoms with Crippen LogP contribution in [0.25, 0.3) is 0 Å². The van der Waals surface area contributed by atoms with Gasteiger partial charge in [0.1, 0.15) is 5.15 Å². The Morgan fingerprint density at radius 3 is 2.84 bits per heavy atom. The van der Waals surface area contributed by atoms with Crippen LogP contribution in [-0.4, -0.2) is 40.6 Å². The maximum atomic E-state index is 12.7. The molecule has 0 aliphatic carbocycles. The molecule has 3 heterocycles. The molecule has 3 rings (SSSR count). The molecule has 1 aliphatic heterocycles. The van der Waals surface area contributed by atoms with Crippen molar-refractivity contribution in [3.05, 3.63) is 40.4 Å². The molecule has 9 heteroatoms. The molecule has 2 aromatic heterocycles. The molecule has 1 unspecified atom stereocenters. The van der Waals surface area contributed by atoms with Gasteiger partial charge in [0.05, 0.1) is 40.2 Å². The van der Waals surface area contributed by atoms with Crippen LogP contribution in [0.3, 0.4) is 0 Å². The first-order valence-electron chi connectivity index (χ1n) is 8.02. The first-order valence-corrected chi connectivity index (χ1v) is 10.2. The lowest BCUT2D eigenvalue weighted by atomic mass is 10.2. The number of aromatic nitrogens is 3. The normalized spacial score (nSPS) is 19.1. The number of carbonyl (C=O) groups is 1. The van der Waals surface area contributed by atoms with E-state index in [0.717, 1.165) is 0 Å². The van der Waals surface area contributed by atoms with E-state index in [4.69, 9.17) is 11.6 Å². The third-order valence-electron chi connectivity index (χ3n) is 4.30. The van der Waals surface area contributed by atoms with Crippen molar-refractivity contribution in [3.8, 4) is 0 Å². The zero-order valence-electron chi connectivity index (χ0n) is 14.0. The Hall–Kier alpha value is -1.93. The van der Waals surface area contributed by atoms with E-state index >= 15 is 0 Å². The maximum Gasteiger partial charge on any atom is 0.260 e. The highest BCUT2D eigenvalue weighted by atomic mass is 35.5. The largest absolute Gasteiger partial charge is 0.320 e. The lowest BCUT2D eigenvalue weighted by Crippen LogP contribution is -2.15. The Morgan fingerprint density at radius 1 is 1.48 bits per heavy atom. The third kappa shape index (κ3) is 3.55. The number of rotatable bonds is 4. The van der Waals surface area contributed by atoms with Gasteiger partial charge >= 0.3 is 0 Å². The SMILES string of the molecule is CCc1nn(C2CCS(=O)(=O)C2)c(Cl)c1C(=O)Nc1cccnc1C. The molecule has 1 N–H and O–H groups in total. The summed E-state index contributed by atoms with van der Waals surface area (Å²) >= 11 is 6.41. The van der Waals surface area contributed by atoms with E-state index in [1.165, 1.54) is 4.68 Å². The Balaban J connectivity index is 1.93. The highest BCUT2D eigenvalue weighted by Crippen LogP contribution is 2.30. The second kappa shape index (κ2) is 6.76. The predicted molar refractivity (Wildman–Crippen MR) is 95.9 cm³/mol. The minimum absolute atomic E-state index is 0.000324. The summed E-state index contributed by atoms with van der Waals surface area (Å²) in [6.45, 7) is 3.67. The molecule has 1 saturated heterocycles. The highest BCUT2D eigenvalue weighted by molar-refractivity contribution is 7.91. The number of sulfone groups is 1. The fourth-order valence-corrected chi connectivity index (χ4v) is 5.00. The van der Waals surface area contributed by atoms with Crippen LogP contribution in [-0.2, 0) is 16.3 Å². The second-order valence-corrected chi connectivity index (χ2v) is 8.64. The van der Waals surface area contributed by atoms with Crippen molar-refractivity contribution in [3.63, 3.8) is 0 Å². The molecular weight excluding hydrogens is 364 g/mol. The summed E-state index contributed by atoms with van der Waals surface area (Å²) in [6, 6.07) is 3.16. The van der Waals surface area contributed by atoms with Crippen molar-refractivity contribution in [2.45, 2.75) is 32.7 Å². The quantitative estimate of drug-likeness (QED) is 0.876. The summed E-state index contributed by atoms with van der Waals surface area (Å²) in [5.41, 5.74) is 2.13. The average Bonchev–Trinajstić information content (AvgIpc) is 3.08. The molecule has 134 valence electrons. The molecule has 0 aromatic carbocycles. The number of halogens is 1. The first-order chi connectivity index (χ1) is 11.8. The summed E-state index contributed by atoms with van der Waals surface area (Å²) in [5.74, 6) is -0.253. The van der Waals surface area contributed by atoms with Crippen LogP contribution in [0.15, 0.2) is 18.3 Å². The lowest BCUT2D eigenvalue weighted by Gasteiger charge is -2.10. The van der Waals surface area contributed by atoms with Gasteiger partial charge in [0.15, 0.2) is 9.84 Å².